The van der Waals surface area contributed by atoms with Crippen molar-refractivity contribution >= 4 is 11.6 Å². The van der Waals surface area contributed by atoms with Gasteiger partial charge in [0, 0.05) is 19.1 Å². The second-order valence-electron chi connectivity index (χ2n) is 3.18. The molecule has 0 saturated heterocycles. The predicted molar refractivity (Wildman–Crippen MR) is 57.1 cm³/mol. The molecule has 1 rings (SSSR count). The number of nitrogens with zero attached hydrogens (tertiary/aromatic N) is 1. The van der Waals surface area contributed by atoms with E-state index in [0.29, 0.717) is 0 Å². The van der Waals surface area contributed by atoms with Gasteiger partial charge in [0.05, 0.1) is 0 Å². The highest BCUT2D eigenvalue weighted by Crippen LogP contribution is 2.00. The molecule has 0 spiro atoms. The van der Waals surface area contributed by atoms with Gasteiger partial charge in [-0.25, -0.2) is 5.43 Å². The molecule has 0 aliphatic carbocycles. The zero-order valence-electron chi connectivity index (χ0n) is 8.45. The van der Waals surface area contributed by atoms with Crippen molar-refractivity contribution in [1.29, 1.82) is 0 Å². The summed E-state index contributed by atoms with van der Waals surface area (Å²) in [5.41, 5.74) is 4.50. The van der Waals surface area contributed by atoms with Gasteiger partial charge >= 0.3 is 0 Å². The summed E-state index contributed by atoms with van der Waals surface area (Å²) in [7, 11) is 0. The number of carbonyl (C=O) groups excluding carboxylic acids is 1. The minimum absolute atomic E-state index is 0.141. The first-order valence-electron chi connectivity index (χ1n) is 4.52. The third-order valence-electron chi connectivity index (χ3n) is 1.71. The Morgan fingerprint density at radius 2 is 1.93 bits per heavy atom. The van der Waals surface area contributed by atoms with Crippen molar-refractivity contribution in [2.24, 2.45) is 5.10 Å². The normalized spacial score (nSPS) is 11.1. The molecule has 0 aliphatic rings. The number of carbonyl (C=O) groups is 1. The van der Waals surface area contributed by atoms with E-state index in [1.165, 1.54) is 12.5 Å². The molecule has 0 heterocycles. The Kier molecular flexibility index (Phi) is 3.85. The summed E-state index contributed by atoms with van der Waals surface area (Å²) in [4.78, 5) is 10.6. The molecule has 0 aliphatic heterocycles. The van der Waals surface area contributed by atoms with Crippen LogP contribution in [0.3, 0.4) is 0 Å². The molecular weight excluding hydrogens is 176 g/mol. The number of hydrazone groups is 1. The van der Waals surface area contributed by atoms with Crippen LogP contribution in [0.5, 0.6) is 0 Å². The maximum absolute atomic E-state index is 10.6. The van der Waals surface area contributed by atoms with Crippen molar-refractivity contribution in [3.8, 4) is 0 Å². The fourth-order valence-corrected chi connectivity index (χ4v) is 1.10. The molecule has 1 aromatic carbocycles. The molecule has 0 radical (unpaired) electrons. The van der Waals surface area contributed by atoms with E-state index in [1.807, 2.05) is 37.3 Å². The van der Waals surface area contributed by atoms with Crippen LogP contribution in [0.25, 0.3) is 0 Å². The summed E-state index contributed by atoms with van der Waals surface area (Å²) in [6, 6.07) is 10.0. The van der Waals surface area contributed by atoms with Crippen LogP contribution in [-0.2, 0) is 11.2 Å². The van der Waals surface area contributed by atoms with Crippen LogP contribution in [0.4, 0.5) is 0 Å². The Bertz CT molecular complexity index is 330. The molecule has 74 valence electrons. The zero-order valence-corrected chi connectivity index (χ0v) is 8.45. The topological polar surface area (TPSA) is 41.5 Å². The highest BCUT2D eigenvalue weighted by molar-refractivity contribution is 5.85. The molecule has 0 atom stereocenters. The van der Waals surface area contributed by atoms with Crippen LogP contribution in [-0.4, -0.2) is 11.6 Å². The van der Waals surface area contributed by atoms with Crippen molar-refractivity contribution in [3.63, 3.8) is 0 Å². The van der Waals surface area contributed by atoms with Crippen molar-refractivity contribution < 1.29 is 4.79 Å². The highest BCUT2D eigenvalue weighted by atomic mass is 16.2. The molecule has 0 aromatic heterocycles. The highest BCUT2D eigenvalue weighted by Gasteiger charge is 1.95. The van der Waals surface area contributed by atoms with E-state index in [0.717, 1.165) is 12.1 Å². The van der Waals surface area contributed by atoms with Crippen molar-refractivity contribution in [2.45, 2.75) is 20.3 Å². The number of benzene rings is 1. The number of rotatable bonds is 3. The monoisotopic (exact) mass is 190 g/mol. The number of amides is 1. The quantitative estimate of drug-likeness (QED) is 0.572. The number of hydrogen-bond acceptors (Lipinski definition) is 2. The molecule has 0 saturated carbocycles. The van der Waals surface area contributed by atoms with Gasteiger partial charge in [-0.05, 0) is 12.5 Å². The second-order valence-corrected chi connectivity index (χ2v) is 3.18. The molecule has 14 heavy (non-hydrogen) atoms. The first-order chi connectivity index (χ1) is 6.68. The number of nitrogens with one attached hydrogen (secondary N) is 1. The van der Waals surface area contributed by atoms with E-state index in [1.54, 1.807) is 0 Å². The lowest BCUT2D eigenvalue weighted by Gasteiger charge is -2.00. The average Bonchev–Trinajstić information content (AvgIpc) is 2.16. The summed E-state index contributed by atoms with van der Waals surface area (Å²) in [5, 5.41) is 3.94. The van der Waals surface area contributed by atoms with Gasteiger partial charge in [0.25, 0.3) is 0 Å². The molecule has 1 aromatic rings. The van der Waals surface area contributed by atoms with Gasteiger partial charge in [0.2, 0.25) is 5.91 Å². The fourth-order valence-electron chi connectivity index (χ4n) is 1.10. The molecule has 0 fully saturated rings. The van der Waals surface area contributed by atoms with Gasteiger partial charge in [0.1, 0.15) is 0 Å². The maximum Gasteiger partial charge on any atom is 0.236 e. The van der Waals surface area contributed by atoms with Crippen LogP contribution in [0, 0.1) is 0 Å². The Labute approximate surface area is 83.8 Å². The maximum atomic E-state index is 10.6. The lowest BCUT2D eigenvalue weighted by Crippen LogP contribution is -2.15. The second kappa shape index (κ2) is 5.17. The lowest BCUT2D eigenvalue weighted by molar-refractivity contribution is -0.118. The molecule has 1 N–H and O–H groups in total. The van der Waals surface area contributed by atoms with Crippen molar-refractivity contribution in [1.82, 2.24) is 5.43 Å². The smallest absolute Gasteiger partial charge is 0.236 e. The minimum atomic E-state index is -0.141. The number of hydrogen-bond donors (Lipinski definition) is 1. The summed E-state index contributed by atoms with van der Waals surface area (Å²) in [5.74, 6) is -0.141. The Morgan fingerprint density at radius 3 is 2.50 bits per heavy atom. The zero-order chi connectivity index (χ0) is 10.4. The van der Waals surface area contributed by atoms with Crippen molar-refractivity contribution in [2.75, 3.05) is 0 Å². The van der Waals surface area contributed by atoms with Crippen LogP contribution in [0.15, 0.2) is 35.4 Å². The summed E-state index contributed by atoms with van der Waals surface area (Å²) in [6.45, 7) is 3.34. The first kappa shape index (κ1) is 10.4. The Hall–Kier alpha value is -1.64. The predicted octanol–water partition coefficient (Wildman–Crippen LogP) is 1.74. The van der Waals surface area contributed by atoms with Gasteiger partial charge in [-0.1, -0.05) is 30.3 Å². The van der Waals surface area contributed by atoms with Gasteiger partial charge in [-0.3, -0.25) is 4.79 Å². The van der Waals surface area contributed by atoms with Crippen molar-refractivity contribution in [3.05, 3.63) is 35.9 Å². The van der Waals surface area contributed by atoms with E-state index in [2.05, 4.69) is 10.5 Å². The largest absolute Gasteiger partial charge is 0.274 e. The van der Waals surface area contributed by atoms with E-state index < -0.39 is 0 Å². The van der Waals surface area contributed by atoms with Gasteiger partial charge in [-0.2, -0.15) is 5.10 Å². The molecule has 1 amide bonds. The van der Waals surface area contributed by atoms with E-state index in [9.17, 15) is 4.79 Å². The first-order valence-corrected chi connectivity index (χ1v) is 4.52. The standard InChI is InChI=1S/C11H14N2O/c1-9(12-13-10(2)14)8-11-6-4-3-5-7-11/h3-7H,8H2,1-2H3,(H,13,14)/b12-9-. The fraction of sp³-hybridized carbons (Fsp3) is 0.273. The molecular formula is C11H14N2O. The van der Waals surface area contributed by atoms with Crippen LogP contribution in [0.2, 0.25) is 0 Å². The van der Waals surface area contributed by atoms with Gasteiger partial charge in [0.15, 0.2) is 0 Å². The SMILES string of the molecule is CC(=O)N/N=C(/C)Cc1ccccc1. The minimum Gasteiger partial charge on any atom is -0.274 e. The summed E-state index contributed by atoms with van der Waals surface area (Å²) >= 11 is 0. The van der Waals surface area contributed by atoms with Crippen LogP contribution in [0.1, 0.15) is 19.4 Å². The van der Waals surface area contributed by atoms with Gasteiger partial charge < -0.3 is 0 Å². The third-order valence-corrected chi connectivity index (χ3v) is 1.71. The third kappa shape index (κ3) is 3.85. The molecule has 0 unspecified atom stereocenters. The Morgan fingerprint density at radius 1 is 1.29 bits per heavy atom. The molecule has 0 bridgehead atoms. The van der Waals surface area contributed by atoms with Crippen LogP contribution < -0.4 is 5.43 Å². The van der Waals surface area contributed by atoms with Gasteiger partial charge in [-0.15, -0.1) is 0 Å². The van der Waals surface area contributed by atoms with Crippen LogP contribution >= 0.6 is 0 Å². The van der Waals surface area contributed by atoms with E-state index in [-0.39, 0.29) is 5.91 Å². The molecule has 3 nitrogen and oxygen atoms in total. The van der Waals surface area contributed by atoms with E-state index in [4.69, 9.17) is 0 Å². The summed E-state index contributed by atoms with van der Waals surface area (Å²) < 4.78 is 0. The Balaban J connectivity index is 2.53. The van der Waals surface area contributed by atoms with E-state index >= 15 is 0 Å². The molecule has 3 heteroatoms. The summed E-state index contributed by atoms with van der Waals surface area (Å²) in [6.07, 6.45) is 0.765. The average molecular weight is 190 g/mol. The lowest BCUT2D eigenvalue weighted by atomic mass is 10.1.